The second-order valence-electron chi connectivity index (χ2n) is 14.0. The Labute approximate surface area is 280 Å². The number of nitrogens with zero attached hydrogens (tertiary/aromatic N) is 6. The highest BCUT2D eigenvalue weighted by Crippen LogP contribution is 2.40. The molecule has 10 heteroatoms. The molecule has 0 radical (unpaired) electrons. The van der Waals surface area contributed by atoms with Gasteiger partial charge in [0, 0.05) is 50.7 Å². The summed E-state index contributed by atoms with van der Waals surface area (Å²) in [7, 11) is 0. The van der Waals surface area contributed by atoms with Crippen molar-refractivity contribution in [2.24, 2.45) is 0 Å². The average Bonchev–Trinajstić information content (AvgIpc) is 3.50. The summed E-state index contributed by atoms with van der Waals surface area (Å²) in [6.07, 6.45) is 24.3. The number of piperazine rings is 1. The van der Waals surface area contributed by atoms with E-state index < -0.39 is 0 Å². The van der Waals surface area contributed by atoms with Crippen LogP contribution in [0, 0.1) is 0 Å². The molecule has 2 N–H and O–H groups in total. The standard InChI is InChI=1S/C37H54N8O2/c1-2-3-4-5-6-7-8-9-10-11-13-16-33(46)44-23-21-43(22-24-44)30-17-18-32(38-27-30)41-36-39-26-29-25-31-35(47)40-28-37(19-14-12-15-20-37)45(31)34(29)42-36/h17-18,25-27H,2-16,19-24,28H2,1H3,(H,40,47)(H,38,39,41,42). The summed E-state index contributed by atoms with van der Waals surface area (Å²) in [5.41, 5.74) is 2.42. The molecule has 1 spiro atoms. The van der Waals surface area contributed by atoms with Crippen molar-refractivity contribution >= 4 is 40.3 Å². The highest BCUT2D eigenvalue weighted by atomic mass is 16.2. The van der Waals surface area contributed by atoms with Gasteiger partial charge in [-0.15, -0.1) is 0 Å². The van der Waals surface area contributed by atoms with Crippen molar-refractivity contribution in [3.63, 3.8) is 0 Å². The van der Waals surface area contributed by atoms with E-state index in [1.165, 1.54) is 64.2 Å². The maximum atomic E-state index is 12.8. The Balaban J connectivity index is 0.951. The first-order valence-electron chi connectivity index (χ1n) is 18.5. The molecular weight excluding hydrogens is 588 g/mol. The van der Waals surface area contributed by atoms with Gasteiger partial charge in [-0.2, -0.15) is 4.98 Å². The van der Waals surface area contributed by atoms with E-state index in [2.05, 4.69) is 43.1 Å². The number of hydrogen-bond acceptors (Lipinski definition) is 7. The van der Waals surface area contributed by atoms with Gasteiger partial charge in [-0.25, -0.2) is 9.97 Å². The summed E-state index contributed by atoms with van der Waals surface area (Å²) in [4.78, 5) is 44.0. The van der Waals surface area contributed by atoms with Crippen LogP contribution in [0.1, 0.15) is 127 Å². The third-order valence-electron chi connectivity index (χ3n) is 10.6. The Bertz CT molecular complexity index is 1470. The van der Waals surface area contributed by atoms with Gasteiger partial charge in [0.2, 0.25) is 11.9 Å². The fraction of sp³-hybridized carbons (Fsp3) is 0.649. The van der Waals surface area contributed by atoms with Gasteiger partial charge in [0.15, 0.2) is 0 Å². The zero-order chi connectivity index (χ0) is 32.5. The first kappa shape index (κ1) is 33.2. The number of pyridine rings is 1. The fourth-order valence-electron chi connectivity index (χ4n) is 7.80. The first-order valence-corrected chi connectivity index (χ1v) is 18.5. The van der Waals surface area contributed by atoms with Crippen molar-refractivity contribution in [3.8, 4) is 0 Å². The van der Waals surface area contributed by atoms with E-state index in [1.54, 1.807) is 6.20 Å². The zero-order valence-electron chi connectivity index (χ0n) is 28.4. The number of carbonyl (C=O) groups excluding carboxylic acids is 2. The molecular formula is C37H54N8O2. The van der Waals surface area contributed by atoms with Gasteiger partial charge in [0.05, 0.1) is 17.4 Å². The summed E-state index contributed by atoms with van der Waals surface area (Å²) in [6, 6.07) is 5.94. The Morgan fingerprint density at radius 1 is 0.872 bits per heavy atom. The average molecular weight is 643 g/mol. The summed E-state index contributed by atoms with van der Waals surface area (Å²) in [6.45, 7) is 6.06. The van der Waals surface area contributed by atoms with E-state index in [-0.39, 0.29) is 11.4 Å². The Hall–Kier alpha value is -3.69. The predicted octanol–water partition coefficient (Wildman–Crippen LogP) is 7.32. The maximum absolute atomic E-state index is 12.8. The zero-order valence-corrected chi connectivity index (χ0v) is 28.4. The topological polar surface area (TPSA) is 108 Å². The molecule has 3 aromatic rings. The molecule has 6 rings (SSSR count). The number of aromatic nitrogens is 4. The Kier molecular flexibility index (Phi) is 11.3. The minimum Gasteiger partial charge on any atom is -0.367 e. The normalized spacial score (nSPS) is 17.6. The third kappa shape index (κ3) is 8.07. The summed E-state index contributed by atoms with van der Waals surface area (Å²) in [5, 5.41) is 7.28. The highest BCUT2D eigenvalue weighted by Gasteiger charge is 2.41. The molecule has 10 nitrogen and oxygen atoms in total. The summed E-state index contributed by atoms with van der Waals surface area (Å²) in [5.74, 6) is 1.40. The second kappa shape index (κ2) is 15.9. The smallest absolute Gasteiger partial charge is 0.268 e. The van der Waals surface area contributed by atoms with E-state index in [1.807, 2.05) is 23.2 Å². The van der Waals surface area contributed by atoms with Crippen molar-refractivity contribution < 1.29 is 9.59 Å². The quantitative estimate of drug-likeness (QED) is 0.167. The number of anilines is 3. The maximum Gasteiger partial charge on any atom is 0.268 e. The molecule has 47 heavy (non-hydrogen) atoms. The molecule has 3 aliphatic rings. The van der Waals surface area contributed by atoms with Crippen LogP contribution in [0.3, 0.4) is 0 Å². The van der Waals surface area contributed by atoms with E-state index in [4.69, 9.17) is 4.98 Å². The van der Waals surface area contributed by atoms with Gasteiger partial charge < -0.3 is 25.0 Å². The number of hydrogen-bond donors (Lipinski definition) is 2. The fourth-order valence-corrected chi connectivity index (χ4v) is 7.80. The summed E-state index contributed by atoms with van der Waals surface area (Å²) >= 11 is 0. The minimum absolute atomic E-state index is 0.0412. The number of fused-ring (bicyclic) bond motifs is 4. The third-order valence-corrected chi connectivity index (χ3v) is 10.6. The molecule has 0 bridgehead atoms. The molecule has 1 saturated heterocycles. The minimum atomic E-state index is -0.115. The molecule has 1 saturated carbocycles. The highest BCUT2D eigenvalue weighted by molar-refractivity contribution is 5.99. The lowest BCUT2D eigenvalue weighted by molar-refractivity contribution is -0.131. The van der Waals surface area contributed by atoms with E-state index >= 15 is 0 Å². The number of carbonyl (C=O) groups is 2. The molecule has 2 aliphatic heterocycles. The Morgan fingerprint density at radius 3 is 2.26 bits per heavy atom. The SMILES string of the molecule is CCCCCCCCCCCCCC(=O)N1CCN(c2ccc(Nc3ncc4cc5n(c4n3)C3(CCCCC3)CNC5=O)nc2)CC1. The molecule has 0 atom stereocenters. The number of amides is 2. The van der Waals surface area contributed by atoms with Crippen LogP contribution in [-0.4, -0.2) is 69.0 Å². The lowest BCUT2D eigenvalue weighted by Crippen LogP contribution is -2.52. The van der Waals surface area contributed by atoms with Gasteiger partial charge >= 0.3 is 0 Å². The monoisotopic (exact) mass is 642 g/mol. The van der Waals surface area contributed by atoms with E-state index in [0.717, 1.165) is 81.4 Å². The van der Waals surface area contributed by atoms with Gasteiger partial charge in [0.1, 0.15) is 17.2 Å². The van der Waals surface area contributed by atoms with E-state index in [0.29, 0.717) is 36.3 Å². The van der Waals surface area contributed by atoms with Crippen LogP contribution in [0.25, 0.3) is 11.0 Å². The van der Waals surface area contributed by atoms with Crippen molar-refractivity contribution in [1.29, 1.82) is 0 Å². The van der Waals surface area contributed by atoms with Crippen LogP contribution in [0.15, 0.2) is 30.6 Å². The number of rotatable bonds is 15. The molecule has 2 amide bonds. The summed E-state index contributed by atoms with van der Waals surface area (Å²) < 4.78 is 2.19. The van der Waals surface area contributed by atoms with Crippen LogP contribution in [0.4, 0.5) is 17.5 Å². The van der Waals surface area contributed by atoms with Crippen molar-refractivity contribution in [1.82, 2.24) is 29.7 Å². The number of unbranched alkanes of at least 4 members (excludes halogenated alkanes) is 10. The van der Waals surface area contributed by atoms with Crippen LogP contribution in [0.5, 0.6) is 0 Å². The molecule has 3 aromatic heterocycles. The van der Waals surface area contributed by atoms with Crippen molar-refractivity contribution in [2.75, 3.05) is 42.9 Å². The van der Waals surface area contributed by atoms with Crippen LogP contribution in [-0.2, 0) is 10.3 Å². The van der Waals surface area contributed by atoms with Crippen LogP contribution in [0.2, 0.25) is 0 Å². The molecule has 0 aromatic carbocycles. The van der Waals surface area contributed by atoms with Crippen molar-refractivity contribution in [2.45, 2.75) is 122 Å². The van der Waals surface area contributed by atoms with Crippen LogP contribution >= 0.6 is 0 Å². The van der Waals surface area contributed by atoms with Crippen LogP contribution < -0.4 is 15.5 Å². The Morgan fingerprint density at radius 2 is 1.57 bits per heavy atom. The molecule has 0 unspecified atom stereocenters. The molecule has 1 aliphatic carbocycles. The molecule has 254 valence electrons. The predicted molar refractivity (Wildman–Crippen MR) is 188 cm³/mol. The number of nitrogens with one attached hydrogen (secondary N) is 2. The van der Waals surface area contributed by atoms with E-state index in [9.17, 15) is 9.59 Å². The van der Waals surface area contributed by atoms with Gasteiger partial charge in [-0.05, 0) is 37.5 Å². The van der Waals surface area contributed by atoms with Gasteiger partial charge in [-0.1, -0.05) is 90.4 Å². The molecule has 5 heterocycles. The lowest BCUT2D eigenvalue weighted by atomic mass is 9.80. The van der Waals surface area contributed by atoms with Gasteiger partial charge in [-0.3, -0.25) is 9.59 Å². The second-order valence-corrected chi connectivity index (χ2v) is 14.0. The first-order chi connectivity index (χ1) is 23.1. The molecule has 2 fully saturated rings. The van der Waals surface area contributed by atoms with Crippen molar-refractivity contribution in [3.05, 3.63) is 36.3 Å². The largest absolute Gasteiger partial charge is 0.367 e. The van der Waals surface area contributed by atoms with Gasteiger partial charge in [0.25, 0.3) is 5.91 Å². The lowest BCUT2D eigenvalue weighted by Gasteiger charge is -2.42.